The SMILES string of the molecule is Cc1ccc2nc(N(CC3CCNCC3)C(C)C)nn2c1. The number of nitrogens with zero attached hydrogens (tertiary/aromatic N) is 4. The summed E-state index contributed by atoms with van der Waals surface area (Å²) >= 11 is 0. The van der Waals surface area contributed by atoms with Gasteiger partial charge in [0, 0.05) is 18.8 Å². The van der Waals surface area contributed by atoms with Gasteiger partial charge in [0.2, 0.25) is 5.95 Å². The molecule has 21 heavy (non-hydrogen) atoms. The maximum Gasteiger partial charge on any atom is 0.245 e. The number of aryl methyl sites for hydroxylation is 1. The normalized spacial score (nSPS) is 16.8. The smallest absolute Gasteiger partial charge is 0.245 e. The van der Waals surface area contributed by atoms with Crippen molar-refractivity contribution in [1.82, 2.24) is 19.9 Å². The van der Waals surface area contributed by atoms with Crippen LogP contribution in [0.25, 0.3) is 5.65 Å². The number of nitrogens with one attached hydrogen (secondary N) is 1. The summed E-state index contributed by atoms with van der Waals surface area (Å²) in [6, 6.07) is 4.54. The van der Waals surface area contributed by atoms with Gasteiger partial charge in [-0.05, 0) is 64.3 Å². The molecule has 1 fully saturated rings. The molecule has 3 heterocycles. The van der Waals surface area contributed by atoms with E-state index in [0.29, 0.717) is 6.04 Å². The molecule has 114 valence electrons. The number of pyridine rings is 1. The monoisotopic (exact) mass is 287 g/mol. The highest BCUT2D eigenvalue weighted by molar-refractivity contribution is 5.45. The van der Waals surface area contributed by atoms with Gasteiger partial charge in [0.1, 0.15) is 0 Å². The fraction of sp³-hybridized carbons (Fsp3) is 0.625. The lowest BCUT2D eigenvalue weighted by atomic mass is 9.97. The van der Waals surface area contributed by atoms with Gasteiger partial charge in [0.15, 0.2) is 5.65 Å². The van der Waals surface area contributed by atoms with E-state index >= 15 is 0 Å². The van der Waals surface area contributed by atoms with Crippen LogP contribution in [0.4, 0.5) is 5.95 Å². The van der Waals surface area contributed by atoms with Crippen molar-refractivity contribution in [2.24, 2.45) is 5.92 Å². The lowest BCUT2D eigenvalue weighted by Crippen LogP contribution is -2.40. The van der Waals surface area contributed by atoms with Gasteiger partial charge in [-0.25, -0.2) is 4.52 Å². The van der Waals surface area contributed by atoms with Crippen molar-refractivity contribution in [1.29, 1.82) is 0 Å². The minimum absolute atomic E-state index is 0.415. The van der Waals surface area contributed by atoms with Crippen molar-refractivity contribution < 1.29 is 0 Å². The van der Waals surface area contributed by atoms with Crippen LogP contribution >= 0.6 is 0 Å². The van der Waals surface area contributed by atoms with Crippen molar-refractivity contribution in [3.8, 4) is 0 Å². The van der Waals surface area contributed by atoms with Crippen molar-refractivity contribution in [2.75, 3.05) is 24.5 Å². The topological polar surface area (TPSA) is 45.5 Å². The Kier molecular flexibility index (Phi) is 4.10. The molecule has 0 radical (unpaired) electrons. The summed E-state index contributed by atoms with van der Waals surface area (Å²) in [5.74, 6) is 1.59. The molecule has 5 nitrogen and oxygen atoms in total. The lowest BCUT2D eigenvalue weighted by molar-refractivity contribution is 0.366. The number of hydrogen-bond donors (Lipinski definition) is 1. The molecule has 0 saturated carbocycles. The second-order valence-corrected chi connectivity index (χ2v) is 6.36. The zero-order chi connectivity index (χ0) is 14.8. The number of piperidine rings is 1. The van der Waals surface area contributed by atoms with Crippen molar-refractivity contribution in [2.45, 2.75) is 39.7 Å². The molecule has 1 saturated heterocycles. The molecule has 0 atom stereocenters. The summed E-state index contributed by atoms with van der Waals surface area (Å²) in [7, 11) is 0. The Morgan fingerprint density at radius 1 is 1.33 bits per heavy atom. The van der Waals surface area contributed by atoms with Gasteiger partial charge in [0.05, 0.1) is 0 Å². The minimum atomic E-state index is 0.415. The van der Waals surface area contributed by atoms with Crippen molar-refractivity contribution in [3.63, 3.8) is 0 Å². The molecule has 0 amide bonds. The molecule has 0 spiro atoms. The largest absolute Gasteiger partial charge is 0.337 e. The van der Waals surface area contributed by atoms with Gasteiger partial charge >= 0.3 is 0 Å². The van der Waals surface area contributed by atoms with Gasteiger partial charge in [-0.15, -0.1) is 5.10 Å². The third kappa shape index (κ3) is 3.18. The number of rotatable bonds is 4. The third-order valence-electron chi connectivity index (χ3n) is 4.26. The maximum atomic E-state index is 4.70. The van der Waals surface area contributed by atoms with Crippen LogP contribution in [0.15, 0.2) is 18.3 Å². The molecule has 1 aliphatic rings. The van der Waals surface area contributed by atoms with Gasteiger partial charge < -0.3 is 10.2 Å². The Hall–Kier alpha value is -1.62. The molecule has 3 rings (SSSR count). The summed E-state index contributed by atoms with van der Waals surface area (Å²) in [6.45, 7) is 9.84. The molecule has 0 aromatic carbocycles. The standard InChI is InChI=1S/C16H25N5/c1-12(2)20(11-14-6-8-17-9-7-14)16-18-15-5-4-13(3)10-21(15)19-16/h4-5,10,12,14,17H,6-9,11H2,1-3H3. The van der Waals surface area contributed by atoms with E-state index in [-0.39, 0.29) is 0 Å². The first-order valence-corrected chi connectivity index (χ1v) is 7.94. The highest BCUT2D eigenvalue weighted by Crippen LogP contribution is 2.20. The first-order chi connectivity index (χ1) is 10.1. The van der Waals surface area contributed by atoms with Gasteiger partial charge in [0.25, 0.3) is 0 Å². The molecule has 0 bridgehead atoms. The summed E-state index contributed by atoms with van der Waals surface area (Å²) in [4.78, 5) is 7.05. The fourth-order valence-corrected chi connectivity index (χ4v) is 2.96. The van der Waals surface area contributed by atoms with Crippen LogP contribution in [0.1, 0.15) is 32.3 Å². The Bertz CT molecular complexity index is 598. The molecule has 1 aliphatic heterocycles. The zero-order valence-electron chi connectivity index (χ0n) is 13.2. The molecular formula is C16H25N5. The van der Waals surface area contributed by atoms with E-state index < -0.39 is 0 Å². The fourth-order valence-electron chi connectivity index (χ4n) is 2.96. The Morgan fingerprint density at radius 2 is 2.10 bits per heavy atom. The Morgan fingerprint density at radius 3 is 2.81 bits per heavy atom. The number of hydrogen-bond acceptors (Lipinski definition) is 4. The molecule has 0 aliphatic carbocycles. The third-order valence-corrected chi connectivity index (χ3v) is 4.26. The zero-order valence-corrected chi connectivity index (χ0v) is 13.2. The van der Waals surface area contributed by atoms with E-state index in [1.807, 2.05) is 16.8 Å². The number of fused-ring (bicyclic) bond motifs is 1. The molecule has 1 N–H and O–H groups in total. The summed E-state index contributed by atoms with van der Waals surface area (Å²) in [5.41, 5.74) is 2.12. The maximum absolute atomic E-state index is 4.70. The summed E-state index contributed by atoms with van der Waals surface area (Å²) in [5, 5.41) is 8.11. The summed E-state index contributed by atoms with van der Waals surface area (Å²) < 4.78 is 1.89. The Labute approximate surface area is 126 Å². The molecular weight excluding hydrogens is 262 g/mol. The summed E-state index contributed by atoms with van der Waals surface area (Å²) in [6.07, 6.45) is 4.53. The second kappa shape index (κ2) is 6.02. The average Bonchev–Trinajstić information content (AvgIpc) is 2.88. The van der Waals surface area contributed by atoms with E-state index in [0.717, 1.165) is 37.1 Å². The van der Waals surface area contributed by atoms with Crippen LogP contribution in [0.3, 0.4) is 0 Å². The van der Waals surface area contributed by atoms with E-state index in [1.54, 1.807) is 0 Å². The Balaban J connectivity index is 1.84. The van der Waals surface area contributed by atoms with Gasteiger partial charge in [-0.2, -0.15) is 4.98 Å². The average molecular weight is 287 g/mol. The van der Waals surface area contributed by atoms with Crippen molar-refractivity contribution in [3.05, 3.63) is 23.9 Å². The van der Waals surface area contributed by atoms with Gasteiger partial charge in [-0.1, -0.05) is 6.07 Å². The van der Waals surface area contributed by atoms with Crippen LogP contribution < -0.4 is 10.2 Å². The first-order valence-electron chi connectivity index (χ1n) is 7.94. The van der Waals surface area contributed by atoms with Crippen molar-refractivity contribution >= 4 is 11.6 Å². The predicted octanol–water partition coefficient (Wildman–Crippen LogP) is 2.25. The highest BCUT2D eigenvalue weighted by Gasteiger charge is 2.22. The number of anilines is 1. The van der Waals surface area contributed by atoms with Gasteiger partial charge in [-0.3, -0.25) is 0 Å². The van der Waals surface area contributed by atoms with E-state index in [9.17, 15) is 0 Å². The van der Waals surface area contributed by atoms with Crippen LogP contribution in [0, 0.1) is 12.8 Å². The van der Waals surface area contributed by atoms with Crippen LogP contribution in [0.5, 0.6) is 0 Å². The number of aromatic nitrogens is 3. The second-order valence-electron chi connectivity index (χ2n) is 6.36. The lowest BCUT2D eigenvalue weighted by Gasteiger charge is -2.32. The molecule has 2 aromatic rings. The van der Waals surface area contributed by atoms with E-state index in [1.165, 1.54) is 18.4 Å². The highest BCUT2D eigenvalue weighted by atomic mass is 15.4. The van der Waals surface area contributed by atoms with E-state index in [4.69, 9.17) is 4.98 Å². The van der Waals surface area contributed by atoms with Crippen LogP contribution in [0.2, 0.25) is 0 Å². The quantitative estimate of drug-likeness (QED) is 0.937. The van der Waals surface area contributed by atoms with Crippen LogP contribution in [-0.2, 0) is 0 Å². The van der Waals surface area contributed by atoms with E-state index in [2.05, 4.69) is 42.2 Å². The first kappa shape index (κ1) is 14.3. The molecule has 2 aromatic heterocycles. The minimum Gasteiger partial charge on any atom is -0.337 e. The van der Waals surface area contributed by atoms with Crippen LogP contribution in [-0.4, -0.2) is 40.3 Å². The predicted molar refractivity (Wildman–Crippen MR) is 85.8 cm³/mol. The molecule has 0 unspecified atom stereocenters. The molecule has 5 heteroatoms.